The minimum absolute atomic E-state index is 0.0577. The van der Waals surface area contributed by atoms with Gasteiger partial charge in [-0.25, -0.2) is 8.42 Å². The first kappa shape index (κ1) is 17.8. The maximum Gasteiger partial charge on any atom is 0.161 e. The summed E-state index contributed by atoms with van der Waals surface area (Å²) in [5, 5.41) is 9.53. The zero-order chi connectivity index (χ0) is 16.3. The standard InChI is InChI=1S/C15H24O5S/c1-11(16)12-6-7-13(14(10-12)19-5)20-8-9-21(17,18)15(2,3)4/h6-7,10-11,16H,8-9H2,1-5H3/t11-/m0/s1. The summed E-state index contributed by atoms with van der Waals surface area (Å²) in [4.78, 5) is 0. The molecule has 21 heavy (non-hydrogen) atoms. The molecule has 0 aliphatic carbocycles. The normalized spacial score (nSPS) is 13.8. The van der Waals surface area contributed by atoms with Crippen molar-refractivity contribution in [3.8, 4) is 11.5 Å². The number of sulfone groups is 1. The lowest BCUT2D eigenvalue weighted by Gasteiger charge is -2.19. The summed E-state index contributed by atoms with van der Waals surface area (Å²) in [7, 11) is -1.71. The third kappa shape index (κ3) is 4.61. The molecule has 0 heterocycles. The summed E-state index contributed by atoms with van der Waals surface area (Å²) >= 11 is 0. The molecule has 1 N–H and O–H groups in total. The van der Waals surface area contributed by atoms with E-state index < -0.39 is 20.7 Å². The summed E-state index contributed by atoms with van der Waals surface area (Å²) in [5.74, 6) is 0.880. The van der Waals surface area contributed by atoms with E-state index in [1.165, 1.54) is 7.11 Å². The van der Waals surface area contributed by atoms with Crippen molar-refractivity contribution >= 4 is 9.84 Å². The second-order valence-corrected chi connectivity index (χ2v) is 8.73. The van der Waals surface area contributed by atoms with Crippen molar-refractivity contribution in [2.75, 3.05) is 19.5 Å². The van der Waals surface area contributed by atoms with E-state index in [9.17, 15) is 13.5 Å². The Morgan fingerprint density at radius 1 is 1.24 bits per heavy atom. The van der Waals surface area contributed by atoms with Crippen molar-refractivity contribution in [2.24, 2.45) is 0 Å². The molecule has 0 saturated heterocycles. The second-order valence-electron chi connectivity index (χ2n) is 5.87. The summed E-state index contributed by atoms with van der Waals surface area (Å²) in [6.07, 6.45) is -0.603. The molecule has 0 amide bonds. The third-order valence-electron chi connectivity index (χ3n) is 3.21. The monoisotopic (exact) mass is 316 g/mol. The van der Waals surface area contributed by atoms with Crippen molar-refractivity contribution in [3.05, 3.63) is 23.8 Å². The molecule has 0 spiro atoms. The van der Waals surface area contributed by atoms with Gasteiger partial charge in [-0.3, -0.25) is 0 Å². The van der Waals surface area contributed by atoms with Gasteiger partial charge in [-0.1, -0.05) is 6.07 Å². The van der Waals surface area contributed by atoms with Crippen molar-refractivity contribution < 1.29 is 23.0 Å². The molecular formula is C15H24O5S. The van der Waals surface area contributed by atoms with Crippen LogP contribution < -0.4 is 9.47 Å². The minimum atomic E-state index is -3.21. The number of methoxy groups -OCH3 is 1. The molecule has 0 radical (unpaired) electrons. The van der Waals surface area contributed by atoms with Gasteiger partial charge in [0, 0.05) is 0 Å². The number of aliphatic hydroxyl groups excluding tert-OH is 1. The van der Waals surface area contributed by atoms with Crippen LogP contribution in [-0.2, 0) is 9.84 Å². The predicted molar refractivity (Wildman–Crippen MR) is 82.7 cm³/mol. The zero-order valence-corrected chi connectivity index (χ0v) is 14.0. The van der Waals surface area contributed by atoms with E-state index in [1.807, 2.05) is 0 Å². The Hall–Kier alpha value is -1.27. The Morgan fingerprint density at radius 2 is 1.86 bits per heavy atom. The predicted octanol–water partition coefficient (Wildman–Crippen LogP) is 2.34. The zero-order valence-electron chi connectivity index (χ0n) is 13.2. The maximum atomic E-state index is 12.0. The summed E-state index contributed by atoms with van der Waals surface area (Å²) in [5.41, 5.74) is 0.710. The van der Waals surface area contributed by atoms with Crippen LogP contribution in [0.25, 0.3) is 0 Å². The van der Waals surface area contributed by atoms with E-state index in [0.29, 0.717) is 17.1 Å². The Labute approximate surface area is 126 Å². The second kappa shape index (κ2) is 6.66. The molecule has 1 aromatic rings. The smallest absolute Gasteiger partial charge is 0.161 e. The highest BCUT2D eigenvalue weighted by atomic mass is 32.2. The van der Waals surface area contributed by atoms with Gasteiger partial charge in [0.1, 0.15) is 6.61 Å². The number of aliphatic hydroxyl groups is 1. The van der Waals surface area contributed by atoms with Crippen LogP contribution in [0.3, 0.4) is 0 Å². The molecule has 0 bridgehead atoms. The molecule has 1 aromatic carbocycles. The number of hydrogen-bond acceptors (Lipinski definition) is 5. The van der Waals surface area contributed by atoms with Crippen LogP contribution in [0.15, 0.2) is 18.2 Å². The molecule has 1 rings (SSSR count). The number of ether oxygens (including phenoxy) is 2. The lowest BCUT2D eigenvalue weighted by atomic mass is 10.1. The molecule has 0 aliphatic heterocycles. The Balaban J connectivity index is 2.77. The first-order valence-corrected chi connectivity index (χ1v) is 8.45. The average Bonchev–Trinajstić information content (AvgIpc) is 2.37. The van der Waals surface area contributed by atoms with Gasteiger partial charge in [0.05, 0.1) is 23.7 Å². The van der Waals surface area contributed by atoms with E-state index >= 15 is 0 Å². The Bertz CT molecular complexity index is 570. The third-order valence-corrected chi connectivity index (χ3v) is 5.78. The van der Waals surface area contributed by atoms with Gasteiger partial charge in [-0.2, -0.15) is 0 Å². The number of hydrogen-bond donors (Lipinski definition) is 1. The van der Waals surface area contributed by atoms with Crippen LogP contribution in [0.5, 0.6) is 11.5 Å². The molecule has 0 fully saturated rings. The Kier molecular flexibility index (Phi) is 5.64. The van der Waals surface area contributed by atoms with Gasteiger partial charge < -0.3 is 14.6 Å². The highest BCUT2D eigenvalue weighted by Gasteiger charge is 2.28. The largest absolute Gasteiger partial charge is 0.493 e. The van der Waals surface area contributed by atoms with Crippen LogP contribution in [0.2, 0.25) is 0 Å². The fourth-order valence-electron chi connectivity index (χ4n) is 1.63. The molecule has 1 atom stereocenters. The van der Waals surface area contributed by atoms with Gasteiger partial charge >= 0.3 is 0 Å². The quantitative estimate of drug-likeness (QED) is 0.872. The molecule has 0 aliphatic rings. The SMILES string of the molecule is COc1cc([C@H](C)O)ccc1OCCS(=O)(=O)C(C)(C)C. The van der Waals surface area contributed by atoms with Gasteiger partial charge in [0.2, 0.25) is 0 Å². The van der Waals surface area contributed by atoms with E-state index in [0.717, 1.165) is 0 Å². The van der Waals surface area contributed by atoms with E-state index in [-0.39, 0.29) is 12.4 Å². The molecule has 0 unspecified atom stereocenters. The fourth-order valence-corrected chi connectivity index (χ4v) is 2.55. The van der Waals surface area contributed by atoms with Gasteiger partial charge in [-0.05, 0) is 45.4 Å². The first-order valence-electron chi connectivity index (χ1n) is 6.79. The lowest BCUT2D eigenvalue weighted by molar-refractivity contribution is 0.198. The maximum absolute atomic E-state index is 12.0. The number of benzene rings is 1. The van der Waals surface area contributed by atoms with E-state index in [2.05, 4.69) is 0 Å². The molecule has 0 saturated carbocycles. The van der Waals surface area contributed by atoms with Crippen molar-refractivity contribution in [1.29, 1.82) is 0 Å². The molecule has 0 aromatic heterocycles. The molecule has 120 valence electrons. The van der Waals surface area contributed by atoms with Crippen LogP contribution in [-0.4, -0.2) is 37.7 Å². The summed E-state index contributed by atoms with van der Waals surface area (Å²) < 4.78 is 33.9. The summed E-state index contributed by atoms with van der Waals surface area (Å²) in [6, 6.07) is 5.07. The number of rotatable bonds is 6. The first-order chi connectivity index (χ1) is 9.58. The van der Waals surface area contributed by atoms with E-state index in [1.54, 1.807) is 45.9 Å². The van der Waals surface area contributed by atoms with Crippen molar-refractivity contribution in [3.63, 3.8) is 0 Å². The van der Waals surface area contributed by atoms with Gasteiger partial charge in [0.25, 0.3) is 0 Å². The highest BCUT2D eigenvalue weighted by molar-refractivity contribution is 7.92. The summed E-state index contributed by atoms with van der Waals surface area (Å²) in [6.45, 7) is 6.72. The van der Waals surface area contributed by atoms with Gasteiger partial charge in [-0.15, -0.1) is 0 Å². The van der Waals surface area contributed by atoms with Crippen LogP contribution >= 0.6 is 0 Å². The molecule has 5 nitrogen and oxygen atoms in total. The van der Waals surface area contributed by atoms with Crippen LogP contribution in [0.1, 0.15) is 39.4 Å². The van der Waals surface area contributed by atoms with Crippen molar-refractivity contribution in [2.45, 2.75) is 38.5 Å². The van der Waals surface area contributed by atoms with Gasteiger partial charge in [0.15, 0.2) is 21.3 Å². The Morgan fingerprint density at radius 3 is 2.33 bits per heavy atom. The molecule has 6 heteroatoms. The highest BCUT2D eigenvalue weighted by Crippen LogP contribution is 2.30. The topological polar surface area (TPSA) is 72.8 Å². The van der Waals surface area contributed by atoms with E-state index in [4.69, 9.17) is 9.47 Å². The van der Waals surface area contributed by atoms with Crippen LogP contribution in [0, 0.1) is 0 Å². The van der Waals surface area contributed by atoms with Crippen molar-refractivity contribution in [1.82, 2.24) is 0 Å². The minimum Gasteiger partial charge on any atom is -0.493 e. The van der Waals surface area contributed by atoms with Crippen LogP contribution in [0.4, 0.5) is 0 Å². The lowest BCUT2D eigenvalue weighted by Crippen LogP contribution is -2.32. The average molecular weight is 316 g/mol. The fraction of sp³-hybridized carbons (Fsp3) is 0.600. The molecular weight excluding hydrogens is 292 g/mol.